The normalized spacial score (nSPS) is 9.80. The number of hydrogen-bond donors (Lipinski definition) is 0. The lowest BCUT2D eigenvalue weighted by Gasteiger charge is -1.99. The zero-order valence-electron chi connectivity index (χ0n) is 5.76. The second-order valence-electron chi connectivity index (χ2n) is 2.15. The molecule has 0 aliphatic carbocycles. The maximum absolute atomic E-state index is 11.9. The van der Waals surface area contributed by atoms with E-state index in [0.29, 0.717) is 11.0 Å². The molecule has 1 rings (SSSR count). The first-order chi connectivity index (χ1) is 4.74. The third kappa shape index (κ3) is 1.35. The molecule has 0 aliphatic rings. The Kier molecular flexibility index (Phi) is 2.04. The molecule has 0 spiro atoms. The van der Waals surface area contributed by atoms with Gasteiger partial charge in [-0.25, -0.2) is 4.39 Å². The van der Waals surface area contributed by atoms with Crippen LogP contribution in [0, 0.1) is 6.92 Å². The lowest BCUT2D eigenvalue weighted by atomic mass is 9.94. The van der Waals surface area contributed by atoms with E-state index in [9.17, 15) is 4.39 Å². The van der Waals surface area contributed by atoms with Crippen LogP contribution in [0.1, 0.15) is 11.3 Å². The second kappa shape index (κ2) is 2.82. The Morgan fingerprint density at radius 1 is 1.70 bits per heavy atom. The number of alkyl halides is 1. The molecule has 0 saturated carbocycles. The third-order valence-electron chi connectivity index (χ3n) is 1.34. The zero-order chi connectivity index (χ0) is 7.56. The van der Waals surface area contributed by atoms with E-state index in [2.05, 4.69) is 4.98 Å². The van der Waals surface area contributed by atoms with Gasteiger partial charge in [-0.2, -0.15) is 0 Å². The van der Waals surface area contributed by atoms with E-state index in [1.165, 1.54) is 6.20 Å². The number of aromatic nitrogens is 1. The van der Waals surface area contributed by atoms with Crippen LogP contribution in [0.4, 0.5) is 4.39 Å². The average molecular weight is 135 g/mol. The van der Waals surface area contributed by atoms with Crippen molar-refractivity contribution in [1.82, 2.24) is 4.98 Å². The van der Waals surface area contributed by atoms with E-state index in [4.69, 9.17) is 7.85 Å². The largest absolute Gasteiger partial charge is 0.262 e. The number of halogens is 1. The van der Waals surface area contributed by atoms with Crippen LogP contribution in [-0.4, -0.2) is 12.8 Å². The Morgan fingerprint density at radius 3 is 2.90 bits per heavy atom. The van der Waals surface area contributed by atoms with Crippen molar-refractivity contribution in [2.75, 3.05) is 0 Å². The summed E-state index contributed by atoms with van der Waals surface area (Å²) in [6.45, 7) is 1.29. The van der Waals surface area contributed by atoms with Crippen molar-refractivity contribution in [3.8, 4) is 0 Å². The minimum atomic E-state index is -0.502. The van der Waals surface area contributed by atoms with Crippen LogP contribution in [0.15, 0.2) is 12.3 Å². The van der Waals surface area contributed by atoms with Gasteiger partial charge in [0.1, 0.15) is 14.5 Å². The van der Waals surface area contributed by atoms with Crippen LogP contribution in [0.25, 0.3) is 0 Å². The molecule has 0 aliphatic heterocycles. The van der Waals surface area contributed by atoms with Gasteiger partial charge in [-0.15, -0.1) is 0 Å². The van der Waals surface area contributed by atoms with Crippen LogP contribution in [-0.2, 0) is 6.67 Å². The molecule has 50 valence electrons. The molecule has 0 atom stereocenters. The summed E-state index contributed by atoms with van der Waals surface area (Å²) in [7, 11) is 5.47. The molecule has 10 heavy (non-hydrogen) atoms. The molecular formula is C7H7BFN. The van der Waals surface area contributed by atoms with Crippen molar-refractivity contribution in [2.24, 2.45) is 0 Å². The van der Waals surface area contributed by atoms with Gasteiger partial charge in [0.15, 0.2) is 0 Å². The van der Waals surface area contributed by atoms with Gasteiger partial charge in [-0.3, -0.25) is 4.98 Å². The highest BCUT2D eigenvalue weighted by atomic mass is 19.1. The highest BCUT2D eigenvalue weighted by Crippen LogP contribution is 1.97. The summed E-state index contributed by atoms with van der Waals surface area (Å²) in [4.78, 5) is 3.88. The number of aryl methyl sites for hydroxylation is 1. The fourth-order valence-corrected chi connectivity index (χ4v) is 0.669. The first kappa shape index (κ1) is 7.25. The van der Waals surface area contributed by atoms with Crippen molar-refractivity contribution < 1.29 is 4.39 Å². The van der Waals surface area contributed by atoms with Crippen molar-refractivity contribution in [2.45, 2.75) is 13.6 Å². The summed E-state index contributed by atoms with van der Waals surface area (Å²) < 4.78 is 11.9. The summed E-state index contributed by atoms with van der Waals surface area (Å²) in [5, 5.41) is 0. The first-order valence-corrected chi connectivity index (χ1v) is 3.01. The maximum Gasteiger partial charge on any atom is 0.116 e. The van der Waals surface area contributed by atoms with Gasteiger partial charge in [0.2, 0.25) is 0 Å². The van der Waals surface area contributed by atoms with Gasteiger partial charge in [-0.05, 0) is 6.92 Å². The zero-order valence-corrected chi connectivity index (χ0v) is 5.76. The number of pyridine rings is 1. The van der Waals surface area contributed by atoms with Crippen molar-refractivity contribution in [1.29, 1.82) is 0 Å². The highest BCUT2D eigenvalue weighted by Gasteiger charge is 1.94. The van der Waals surface area contributed by atoms with Crippen molar-refractivity contribution >= 4 is 13.3 Å². The van der Waals surface area contributed by atoms with Gasteiger partial charge < -0.3 is 0 Å². The smallest absolute Gasteiger partial charge is 0.116 e. The Hall–Kier alpha value is -0.855. The Morgan fingerprint density at radius 2 is 2.40 bits per heavy atom. The van der Waals surface area contributed by atoms with Crippen LogP contribution in [0.5, 0.6) is 0 Å². The Balaban J connectivity index is 3.04. The molecule has 0 aromatic carbocycles. The summed E-state index contributed by atoms with van der Waals surface area (Å²) in [6, 6.07) is 1.60. The monoisotopic (exact) mass is 135 g/mol. The van der Waals surface area contributed by atoms with Crippen LogP contribution in [0.3, 0.4) is 0 Å². The van der Waals surface area contributed by atoms with E-state index in [1.807, 2.05) is 0 Å². The molecule has 0 amide bonds. The topological polar surface area (TPSA) is 12.9 Å². The van der Waals surface area contributed by atoms with Gasteiger partial charge in [0.05, 0.1) is 0 Å². The van der Waals surface area contributed by atoms with Gasteiger partial charge in [0, 0.05) is 17.5 Å². The second-order valence-corrected chi connectivity index (χ2v) is 2.15. The fraction of sp³-hybridized carbons (Fsp3) is 0.286. The van der Waals surface area contributed by atoms with E-state index in [-0.39, 0.29) is 0 Å². The molecule has 0 unspecified atom stereocenters. The number of hydrogen-bond acceptors (Lipinski definition) is 1. The van der Waals surface area contributed by atoms with E-state index in [1.54, 1.807) is 13.0 Å². The first-order valence-electron chi connectivity index (χ1n) is 3.01. The molecule has 1 aromatic heterocycles. The lowest BCUT2D eigenvalue weighted by Crippen LogP contribution is -2.09. The summed E-state index contributed by atoms with van der Waals surface area (Å²) in [6.07, 6.45) is 1.49. The van der Waals surface area contributed by atoms with Crippen LogP contribution in [0.2, 0.25) is 0 Å². The SMILES string of the molecule is [B]c1cc(CF)cnc1C. The molecule has 0 fully saturated rings. The summed E-state index contributed by atoms with van der Waals surface area (Å²) in [5.74, 6) is 0. The quantitative estimate of drug-likeness (QED) is 0.515. The van der Waals surface area contributed by atoms with Gasteiger partial charge in [0.25, 0.3) is 0 Å². The third-order valence-corrected chi connectivity index (χ3v) is 1.34. The fourth-order valence-electron chi connectivity index (χ4n) is 0.669. The maximum atomic E-state index is 11.9. The minimum absolute atomic E-state index is 0.502. The average Bonchev–Trinajstić information content (AvgIpc) is 1.95. The van der Waals surface area contributed by atoms with Crippen LogP contribution < -0.4 is 5.46 Å². The van der Waals surface area contributed by atoms with E-state index < -0.39 is 6.67 Å². The standard InChI is InChI=1S/C7H7BFN/c1-5-7(8)2-6(3-9)4-10-5/h2,4H,3H2,1H3. The predicted molar refractivity (Wildman–Crippen MR) is 39.2 cm³/mol. The Labute approximate surface area is 60.7 Å². The van der Waals surface area contributed by atoms with Crippen molar-refractivity contribution in [3.05, 3.63) is 23.5 Å². The molecule has 0 bridgehead atoms. The van der Waals surface area contributed by atoms with Crippen LogP contribution >= 0.6 is 0 Å². The molecule has 1 nitrogen and oxygen atoms in total. The summed E-state index contributed by atoms with van der Waals surface area (Å²) in [5.41, 5.74) is 1.83. The lowest BCUT2D eigenvalue weighted by molar-refractivity contribution is 0.484. The number of nitrogens with zero attached hydrogens (tertiary/aromatic N) is 1. The number of rotatable bonds is 1. The highest BCUT2D eigenvalue weighted by molar-refractivity contribution is 6.33. The van der Waals surface area contributed by atoms with Crippen molar-refractivity contribution in [3.63, 3.8) is 0 Å². The molecular weight excluding hydrogens is 128 g/mol. The summed E-state index contributed by atoms with van der Waals surface area (Å²) >= 11 is 0. The van der Waals surface area contributed by atoms with E-state index in [0.717, 1.165) is 5.69 Å². The molecule has 3 heteroatoms. The minimum Gasteiger partial charge on any atom is -0.262 e. The van der Waals surface area contributed by atoms with Gasteiger partial charge in [-0.1, -0.05) is 11.5 Å². The van der Waals surface area contributed by atoms with E-state index >= 15 is 0 Å². The molecule has 1 heterocycles. The Bertz CT molecular complexity index is 237. The molecule has 0 saturated heterocycles. The van der Waals surface area contributed by atoms with Gasteiger partial charge >= 0.3 is 0 Å². The molecule has 2 radical (unpaired) electrons. The predicted octanol–water partition coefficient (Wildman–Crippen LogP) is 0.653. The molecule has 1 aromatic rings. The molecule has 0 N–H and O–H groups in total.